The first-order chi connectivity index (χ1) is 9.45. The Hall–Kier alpha value is -1.55. The van der Waals surface area contributed by atoms with Crippen LogP contribution in [0.2, 0.25) is 0 Å². The van der Waals surface area contributed by atoms with Crippen LogP contribution in [0.15, 0.2) is 24.3 Å². The van der Waals surface area contributed by atoms with Gasteiger partial charge in [0.25, 0.3) is 0 Å². The van der Waals surface area contributed by atoms with Crippen molar-refractivity contribution in [3.05, 3.63) is 29.8 Å². The molecule has 112 valence electrons. The molecule has 0 heterocycles. The molecule has 0 saturated heterocycles. The Morgan fingerprint density at radius 3 is 2.55 bits per heavy atom. The molecule has 0 aliphatic heterocycles. The molecule has 0 spiro atoms. The van der Waals surface area contributed by atoms with Gasteiger partial charge in [0, 0.05) is 19.1 Å². The second-order valence-corrected chi connectivity index (χ2v) is 5.41. The van der Waals surface area contributed by atoms with Gasteiger partial charge in [0.15, 0.2) is 0 Å². The minimum absolute atomic E-state index is 0.112. The van der Waals surface area contributed by atoms with Gasteiger partial charge in [0.05, 0.1) is 13.7 Å². The number of nitrogens with zero attached hydrogens (tertiary/aromatic N) is 1. The third-order valence-electron chi connectivity index (χ3n) is 3.42. The second kappa shape index (κ2) is 7.90. The van der Waals surface area contributed by atoms with Crippen LogP contribution in [0.5, 0.6) is 5.75 Å². The highest BCUT2D eigenvalue weighted by atomic mass is 16.5. The molecule has 4 heteroatoms. The minimum atomic E-state index is 0.112. The van der Waals surface area contributed by atoms with Crippen LogP contribution < -0.4 is 10.1 Å². The number of hydrogen-bond donors (Lipinski definition) is 1. The van der Waals surface area contributed by atoms with E-state index < -0.39 is 0 Å². The van der Waals surface area contributed by atoms with Crippen LogP contribution >= 0.6 is 0 Å². The predicted octanol–water partition coefficient (Wildman–Crippen LogP) is 2.08. The maximum atomic E-state index is 12.1. The summed E-state index contributed by atoms with van der Waals surface area (Å²) in [5.74, 6) is 0.988. The Morgan fingerprint density at radius 1 is 1.30 bits per heavy atom. The van der Waals surface area contributed by atoms with Gasteiger partial charge in [0.1, 0.15) is 5.75 Å². The summed E-state index contributed by atoms with van der Waals surface area (Å²) in [6, 6.07) is 8.38. The van der Waals surface area contributed by atoms with E-state index in [9.17, 15) is 4.79 Å². The van der Waals surface area contributed by atoms with Gasteiger partial charge < -0.3 is 15.0 Å². The number of carbonyl (C=O) groups excluding carboxylic acids is 1. The van der Waals surface area contributed by atoms with E-state index in [2.05, 4.69) is 12.2 Å². The Balaban J connectivity index is 2.61. The summed E-state index contributed by atoms with van der Waals surface area (Å²) >= 11 is 0. The fourth-order valence-corrected chi connectivity index (χ4v) is 1.99. The minimum Gasteiger partial charge on any atom is -0.496 e. The highest BCUT2D eigenvalue weighted by molar-refractivity contribution is 5.78. The molecule has 0 saturated carbocycles. The first kappa shape index (κ1) is 16.5. The van der Waals surface area contributed by atoms with E-state index in [-0.39, 0.29) is 11.9 Å². The second-order valence-electron chi connectivity index (χ2n) is 5.41. The van der Waals surface area contributed by atoms with Crippen LogP contribution in [0.25, 0.3) is 0 Å². The molecule has 0 bridgehead atoms. The Morgan fingerprint density at radius 2 is 1.95 bits per heavy atom. The first-order valence-electron chi connectivity index (χ1n) is 7.06. The molecular formula is C16H26N2O2. The van der Waals surface area contributed by atoms with Gasteiger partial charge in [-0.3, -0.25) is 4.79 Å². The smallest absolute Gasteiger partial charge is 0.236 e. The van der Waals surface area contributed by atoms with Crippen LogP contribution in [0, 0.1) is 0 Å². The van der Waals surface area contributed by atoms with Crippen molar-refractivity contribution in [2.24, 2.45) is 0 Å². The van der Waals surface area contributed by atoms with Crippen molar-refractivity contribution < 1.29 is 9.53 Å². The summed E-state index contributed by atoms with van der Waals surface area (Å²) in [6.45, 7) is 6.50. The van der Waals surface area contributed by atoms with Crippen LogP contribution in [0.1, 0.15) is 26.3 Å². The number of para-hydroxylation sites is 1. The average Bonchev–Trinajstić information content (AvgIpc) is 2.44. The van der Waals surface area contributed by atoms with E-state index in [1.165, 1.54) is 0 Å². The highest BCUT2D eigenvalue weighted by Crippen LogP contribution is 2.20. The van der Waals surface area contributed by atoms with Crippen molar-refractivity contribution in [1.82, 2.24) is 10.2 Å². The molecule has 0 aliphatic carbocycles. The lowest BCUT2D eigenvalue weighted by molar-refractivity contribution is -0.130. The van der Waals surface area contributed by atoms with Crippen molar-refractivity contribution in [2.45, 2.75) is 39.3 Å². The Kier molecular flexibility index (Phi) is 6.52. The number of carbonyl (C=O) groups is 1. The molecule has 0 fully saturated rings. The van der Waals surface area contributed by atoms with Crippen molar-refractivity contribution in [3.8, 4) is 5.75 Å². The molecule has 1 aromatic carbocycles. The van der Waals surface area contributed by atoms with Gasteiger partial charge in [-0.25, -0.2) is 0 Å². The SMILES string of the molecule is COc1ccccc1CC(C)N(C)C(=O)CNC(C)C. The lowest BCUT2D eigenvalue weighted by Gasteiger charge is -2.26. The molecular weight excluding hydrogens is 252 g/mol. The standard InChI is InChI=1S/C16H26N2O2/c1-12(2)17-11-16(19)18(4)13(3)10-14-8-6-7-9-15(14)20-5/h6-9,12-13,17H,10-11H2,1-5H3. The number of rotatable bonds is 7. The van der Waals surface area contributed by atoms with Gasteiger partial charge in [0.2, 0.25) is 5.91 Å². The molecule has 0 aliphatic rings. The lowest BCUT2D eigenvalue weighted by atomic mass is 10.1. The lowest BCUT2D eigenvalue weighted by Crippen LogP contribution is -2.43. The first-order valence-corrected chi connectivity index (χ1v) is 7.06. The van der Waals surface area contributed by atoms with Gasteiger partial charge in [-0.05, 0) is 25.0 Å². The fourth-order valence-electron chi connectivity index (χ4n) is 1.99. The van der Waals surface area contributed by atoms with Gasteiger partial charge >= 0.3 is 0 Å². The number of ether oxygens (including phenoxy) is 1. The summed E-state index contributed by atoms with van der Waals surface area (Å²) in [5, 5.41) is 3.15. The molecule has 20 heavy (non-hydrogen) atoms. The summed E-state index contributed by atoms with van der Waals surface area (Å²) in [5.41, 5.74) is 1.12. The quantitative estimate of drug-likeness (QED) is 0.830. The van der Waals surface area contributed by atoms with Crippen molar-refractivity contribution >= 4 is 5.91 Å². The summed E-state index contributed by atoms with van der Waals surface area (Å²) in [6.07, 6.45) is 0.786. The van der Waals surface area contributed by atoms with Crippen LogP contribution in [-0.4, -0.2) is 43.6 Å². The predicted molar refractivity (Wildman–Crippen MR) is 82.1 cm³/mol. The number of hydrogen-bond acceptors (Lipinski definition) is 3. The van der Waals surface area contributed by atoms with E-state index in [1.807, 2.05) is 45.2 Å². The summed E-state index contributed by atoms with van der Waals surface area (Å²) < 4.78 is 5.35. The molecule has 0 radical (unpaired) electrons. The largest absolute Gasteiger partial charge is 0.496 e. The summed E-state index contributed by atoms with van der Waals surface area (Å²) in [7, 11) is 3.52. The number of methoxy groups -OCH3 is 1. The average molecular weight is 278 g/mol. The zero-order chi connectivity index (χ0) is 15.1. The maximum Gasteiger partial charge on any atom is 0.236 e. The summed E-state index contributed by atoms with van der Waals surface area (Å²) in [4.78, 5) is 13.9. The van der Waals surface area contributed by atoms with Crippen LogP contribution in [0.4, 0.5) is 0 Å². The highest BCUT2D eigenvalue weighted by Gasteiger charge is 2.17. The normalized spacial score (nSPS) is 12.3. The molecule has 1 amide bonds. The van der Waals surface area contributed by atoms with Gasteiger partial charge in [-0.2, -0.15) is 0 Å². The van der Waals surface area contributed by atoms with Gasteiger partial charge in [-0.1, -0.05) is 32.0 Å². The monoisotopic (exact) mass is 278 g/mol. The molecule has 1 unspecified atom stereocenters. The van der Waals surface area contributed by atoms with Crippen LogP contribution in [-0.2, 0) is 11.2 Å². The maximum absolute atomic E-state index is 12.1. The third-order valence-corrected chi connectivity index (χ3v) is 3.42. The molecule has 0 aromatic heterocycles. The van der Waals surface area contributed by atoms with E-state index in [0.29, 0.717) is 12.6 Å². The Labute approximate surface area is 122 Å². The Bertz CT molecular complexity index is 432. The van der Waals surface area contributed by atoms with E-state index in [1.54, 1.807) is 12.0 Å². The van der Waals surface area contributed by atoms with Gasteiger partial charge in [-0.15, -0.1) is 0 Å². The third kappa shape index (κ3) is 4.85. The molecule has 4 nitrogen and oxygen atoms in total. The van der Waals surface area contributed by atoms with E-state index in [4.69, 9.17) is 4.74 Å². The molecule has 1 N–H and O–H groups in total. The van der Waals surface area contributed by atoms with E-state index >= 15 is 0 Å². The molecule has 1 aromatic rings. The van der Waals surface area contributed by atoms with Crippen molar-refractivity contribution in [3.63, 3.8) is 0 Å². The molecule has 1 rings (SSSR count). The number of nitrogens with one attached hydrogen (secondary N) is 1. The van der Waals surface area contributed by atoms with E-state index in [0.717, 1.165) is 17.7 Å². The molecule has 1 atom stereocenters. The fraction of sp³-hybridized carbons (Fsp3) is 0.562. The van der Waals surface area contributed by atoms with Crippen molar-refractivity contribution in [1.29, 1.82) is 0 Å². The number of amides is 1. The van der Waals surface area contributed by atoms with Crippen molar-refractivity contribution in [2.75, 3.05) is 20.7 Å². The number of benzene rings is 1. The zero-order valence-corrected chi connectivity index (χ0v) is 13.1. The topological polar surface area (TPSA) is 41.6 Å². The van der Waals surface area contributed by atoms with Crippen LogP contribution in [0.3, 0.4) is 0 Å². The zero-order valence-electron chi connectivity index (χ0n) is 13.1. The number of likely N-dealkylation sites (N-methyl/N-ethyl adjacent to an activating group) is 1.